The van der Waals surface area contributed by atoms with E-state index in [0.717, 1.165) is 28.7 Å². The Labute approximate surface area is 80.1 Å². The Morgan fingerprint density at radius 2 is 2.58 bits per heavy atom. The maximum Gasteiger partial charge on any atom is 0.0633 e. The van der Waals surface area contributed by atoms with Crippen molar-refractivity contribution in [3.05, 3.63) is 16.4 Å². The molecule has 0 bridgehead atoms. The van der Waals surface area contributed by atoms with Gasteiger partial charge in [0, 0.05) is 12.6 Å². The molecule has 1 fully saturated rings. The highest BCUT2D eigenvalue weighted by Gasteiger charge is 2.31. The molecule has 1 saturated carbocycles. The Morgan fingerprint density at radius 3 is 3.08 bits per heavy atom. The van der Waals surface area contributed by atoms with Crippen LogP contribution in [0.15, 0.2) is 10.7 Å². The van der Waals surface area contributed by atoms with Gasteiger partial charge in [0.1, 0.15) is 0 Å². The molecule has 1 aliphatic rings. The van der Waals surface area contributed by atoms with E-state index in [4.69, 9.17) is 0 Å². The summed E-state index contributed by atoms with van der Waals surface area (Å²) in [6.07, 6.45) is 3.10. The van der Waals surface area contributed by atoms with Crippen LogP contribution in [0.2, 0.25) is 0 Å². The number of H-pyrrole nitrogens is 1. The molecule has 0 saturated heterocycles. The molecule has 12 heavy (non-hydrogen) atoms. The van der Waals surface area contributed by atoms with E-state index in [1.54, 1.807) is 6.20 Å². The Bertz CT molecular complexity index is 271. The molecule has 1 aliphatic carbocycles. The third-order valence-electron chi connectivity index (χ3n) is 2.32. The van der Waals surface area contributed by atoms with E-state index in [2.05, 4.69) is 38.4 Å². The molecule has 2 rings (SSSR count). The fourth-order valence-corrected chi connectivity index (χ4v) is 1.59. The fraction of sp³-hybridized carbons (Fsp3) is 0.625. The van der Waals surface area contributed by atoms with Crippen molar-refractivity contribution in [2.45, 2.75) is 25.9 Å². The van der Waals surface area contributed by atoms with Crippen LogP contribution in [0, 0.1) is 5.92 Å². The van der Waals surface area contributed by atoms with Gasteiger partial charge >= 0.3 is 0 Å². The lowest BCUT2D eigenvalue weighted by molar-refractivity contribution is 0.639. The van der Waals surface area contributed by atoms with Gasteiger partial charge < -0.3 is 5.32 Å². The van der Waals surface area contributed by atoms with E-state index >= 15 is 0 Å². The van der Waals surface area contributed by atoms with Crippen LogP contribution < -0.4 is 5.32 Å². The van der Waals surface area contributed by atoms with Crippen LogP contribution in [0.25, 0.3) is 0 Å². The second-order valence-corrected chi connectivity index (χ2v) is 4.25. The highest BCUT2D eigenvalue weighted by Crippen LogP contribution is 2.29. The third-order valence-corrected chi connectivity index (χ3v) is 3.00. The van der Waals surface area contributed by atoms with Crippen molar-refractivity contribution in [1.29, 1.82) is 0 Å². The molecule has 2 N–H and O–H groups in total. The van der Waals surface area contributed by atoms with Crippen molar-refractivity contribution in [3.8, 4) is 0 Å². The predicted molar refractivity (Wildman–Crippen MR) is 50.7 cm³/mol. The largest absolute Gasteiger partial charge is 0.308 e. The first kappa shape index (κ1) is 8.26. The minimum absolute atomic E-state index is 0.722. The summed E-state index contributed by atoms with van der Waals surface area (Å²) in [5.74, 6) is 0.853. The van der Waals surface area contributed by atoms with Gasteiger partial charge in [0.2, 0.25) is 0 Å². The maximum atomic E-state index is 3.93. The maximum absolute atomic E-state index is 3.93. The molecule has 0 aromatic carbocycles. The molecule has 0 aliphatic heterocycles. The van der Waals surface area contributed by atoms with E-state index in [0.29, 0.717) is 0 Å². The molecular formula is C8H12BrN3. The fourth-order valence-electron chi connectivity index (χ4n) is 1.26. The summed E-state index contributed by atoms with van der Waals surface area (Å²) in [7, 11) is 0. The van der Waals surface area contributed by atoms with Crippen molar-refractivity contribution in [1.82, 2.24) is 15.5 Å². The van der Waals surface area contributed by atoms with Gasteiger partial charge in [-0.25, -0.2) is 0 Å². The van der Waals surface area contributed by atoms with Gasteiger partial charge in [-0.05, 0) is 28.3 Å². The normalized spacial score (nSPS) is 27.5. The lowest BCUT2D eigenvalue weighted by atomic mass is 10.4. The summed E-state index contributed by atoms with van der Waals surface area (Å²) < 4.78 is 1.06. The van der Waals surface area contributed by atoms with E-state index in [-0.39, 0.29) is 0 Å². The van der Waals surface area contributed by atoms with Crippen LogP contribution in [-0.2, 0) is 6.54 Å². The zero-order chi connectivity index (χ0) is 8.55. The molecule has 0 unspecified atom stereocenters. The van der Waals surface area contributed by atoms with E-state index < -0.39 is 0 Å². The van der Waals surface area contributed by atoms with Crippen LogP contribution >= 0.6 is 15.9 Å². The van der Waals surface area contributed by atoms with Crippen LogP contribution in [0.4, 0.5) is 0 Å². The standard InChI is InChI=1S/C8H12BrN3/c1-5-2-7(5)10-4-8-6(9)3-11-12-8/h3,5,7,10H,2,4H2,1H3,(H,11,12)/t5-,7-/m0/s1. The van der Waals surface area contributed by atoms with Crippen molar-refractivity contribution in [2.24, 2.45) is 5.92 Å². The average Bonchev–Trinajstić information content (AvgIpc) is 2.57. The van der Waals surface area contributed by atoms with Crippen molar-refractivity contribution < 1.29 is 0 Å². The first-order valence-electron chi connectivity index (χ1n) is 4.18. The molecule has 66 valence electrons. The van der Waals surface area contributed by atoms with Crippen molar-refractivity contribution >= 4 is 15.9 Å². The Kier molecular flexibility index (Phi) is 2.19. The number of aromatic nitrogens is 2. The summed E-state index contributed by atoms with van der Waals surface area (Å²) in [4.78, 5) is 0. The average molecular weight is 230 g/mol. The minimum Gasteiger partial charge on any atom is -0.308 e. The molecule has 3 nitrogen and oxygen atoms in total. The molecule has 0 radical (unpaired) electrons. The smallest absolute Gasteiger partial charge is 0.0633 e. The first-order valence-corrected chi connectivity index (χ1v) is 4.98. The van der Waals surface area contributed by atoms with E-state index in [1.807, 2.05) is 0 Å². The molecule has 0 amide bonds. The zero-order valence-electron chi connectivity index (χ0n) is 6.97. The SMILES string of the molecule is C[C@H]1C[C@@H]1NCc1[nH]ncc1Br. The quantitative estimate of drug-likeness (QED) is 0.829. The number of halogens is 1. The number of hydrogen-bond donors (Lipinski definition) is 2. The lowest BCUT2D eigenvalue weighted by Gasteiger charge is -2.00. The first-order chi connectivity index (χ1) is 5.77. The monoisotopic (exact) mass is 229 g/mol. The number of nitrogens with one attached hydrogen (secondary N) is 2. The molecule has 1 aromatic rings. The summed E-state index contributed by atoms with van der Waals surface area (Å²) >= 11 is 3.42. The second-order valence-electron chi connectivity index (χ2n) is 3.40. The van der Waals surface area contributed by atoms with Crippen LogP contribution in [0.5, 0.6) is 0 Å². The third kappa shape index (κ3) is 1.69. The molecule has 4 heteroatoms. The highest BCUT2D eigenvalue weighted by molar-refractivity contribution is 9.10. The van der Waals surface area contributed by atoms with Crippen molar-refractivity contribution in [2.75, 3.05) is 0 Å². The Hall–Kier alpha value is -0.350. The van der Waals surface area contributed by atoms with Crippen LogP contribution in [0.3, 0.4) is 0 Å². The van der Waals surface area contributed by atoms with Gasteiger partial charge in [-0.2, -0.15) is 5.10 Å². The molecule has 0 spiro atoms. The Balaban J connectivity index is 1.84. The van der Waals surface area contributed by atoms with Gasteiger partial charge in [0.05, 0.1) is 16.4 Å². The molecule has 1 aromatic heterocycles. The van der Waals surface area contributed by atoms with Crippen molar-refractivity contribution in [3.63, 3.8) is 0 Å². The summed E-state index contributed by atoms with van der Waals surface area (Å²) in [6, 6.07) is 0.722. The Morgan fingerprint density at radius 1 is 1.83 bits per heavy atom. The summed E-state index contributed by atoms with van der Waals surface area (Å²) in [6.45, 7) is 3.15. The van der Waals surface area contributed by atoms with Crippen LogP contribution in [0.1, 0.15) is 19.0 Å². The molecular weight excluding hydrogens is 218 g/mol. The topological polar surface area (TPSA) is 40.7 Å². The van der Waals surface area contributed by atoms with Gasteiger partial charge in [0.15, 0.2) is 0 Å². The number of nitrogens with zero attached hydrogens (tertiary/aromatic N) is 1. The molecule has 1 heterocycles. The molecule has 2 atom stereocenters. The van der Waals surface area contributed by atoms with Gasteiger partial charge in [0.25, 0.3) is 0 Å². The zero-order valence-corrected chi connectivity index (χ0v) is 8.56. The van der Waals surface area contributed by atoms with E-state index in [9.17, 15) is 0 Å². The predicted octanol–water partition coefficient (Wildman–Crippen LogP) is 1.67. The van der Waals surface area contributed by atoms with Gasteiger partial charge in [-0.15, -0.1) is 0 Å². The summed E-state index contributed by atoms with van der Waals surface area (Å²) in [5.41, 5.74) is 1.13. The number of hydrogen-bond acceptors (Lipinski definition) is 2. The van der Waals surface area contributed by atoms with Gasteiger partial charge in [-0.3, -0.25) is 5.10 Å². The lowest BCUT2D eigenvalue weighted by Crippen LogP contribution is -2.17. The van der Waals surface area contributed by atoms with Crippen LogP contribution in [-0.4, -0.2) is 16.2 Å². The number of aromatic amines is 1. The van der Waals surface area contributed by atoms with E-state index in [1.165, 1.54) is 6.42 Å². The summed E-state index contributed by atoms with van der Waals surface area (Å²) in [5, 5.41) is 10.3. The number of rotatable bonds is 3. The minimum atomic E-state index is 0.722. The highest BCUT2D eigenvalue weighted by atomic mass is 79.9. The second kappa shape index (κ2) is 3.18. The van der Waals surface area contributed by atoms with Gasteiger partial charge in [-0.1, -0.05) is 6.92 Å².